The topological polar surface area (TPSA) is 234 Å². The second-order valence-corrected chi connectivity index (χ2v) is 17.8. The number of nitrogens with zero attached hydrogens (tertiary/aromatic N) is 1. The van der Waals surface area contributed by atoms with Gasteiger partial charge in [0, 0.05) is 45.6 Å². The van der Waals surface area contributed by atoms with Crippen LogP contribution in [0, 0.1) is 16.7 Å². The van der Waals surface area contributed by atoms with Gasteiger partial charge in [-0.25, -0.2) is 9.59 Å². The number of carbonyl (C=O) groups excluding carboxylic acids is 6. The predicted molar refractivity (Wildman–Crippen MR) is 225 cm³/mol. The molecule has 63 heavy (non-hydrogen) atoms. The van der Waals surface area contributed by atoms with Gasteiger partial charge in [0.2, 0.25) is 5.91 Å². The van der Waals surface area contributed by atoms with E-state index in [1.807, 2.05) is 0 Å². The molecular formula is C47H58N2O14. The highest BCUT2D eigenvalue weighted by atomic mass is 16.6. The SMILES string of the molecule is CN=CCCCCC(=O)N[C@H](c1ccccc1)[C@@H](O)C(=O)O[C@H]1C[C@@]2(O)[C@@H](OC(=O)c3ccccc3)[C@@H]3[C@]4(OC(C)=O)CO[C@@H]4C[C@H](O)[C@@]3(C)C(=O)[C@H](OC(C)=O)C(=C1C)C2(C)C. The lowest BCUT2D eigenvalue weighted by Crippen LogP contribution is -2.82. The van der Waals surface area contributed by atoms with Crippen LogP contribution in [-0.2, 0) is 47.7 Å². The Morgan fingerprint density at radius 1 is 0.952 bits per heavy atom. The lowest BCUT2D eigenvalue weighted by atomic mass is 9.44. The van der Waals surface area contributed by atoms with E-state index in [1.165, 1.54) is 26.0 Å². The number of carbonyl (C=O) groups is 6. The average molecular weight is 875 g/mol. The van der Waals surface area contributed by atoms with Crippen molar-refractivity contribution in [2.75, 3.05) is 13.7 Å². The van der Waals surface area contributed by atoms with Gasteiger partial charge < -0.3 is 49.3 Å². The van der Waals surface area contributed by atoms with Gasteiger partial charge in [0.05, 0.1) is 35.6 Å². The molecule has 0 unspecified atom stereocenters. The zero-order chi connectivity index (χ0) is 46.1. The van der Waals surface area contributed by atoms with E-state index in [9.17, 15) is 39.3 Å². The number of aliphatic hydroxyl groups excluding tert-OH is 2. The number of rotatable bonds is 14. The molecule has 0 radical (unpaired) electrons. The minimum atomic E-state index is -2.38. The second-order valence-electron chi connectivity index (χ2n) is 17.8. The molecule has 1 saturated heterocycles. The molecule has 6 rings (SSSR count). The van der Waals surface area contributed by atoms with Crippen molar-refractivity contribution in [2.24, 2.45) is 21.7 Å². The molecule has 0 spiro atoms. The Balaban J connectivity index is 1.49. The smallest absolute Gasteiger partial charge is 0.338 e. The third kappa shape index (κ3) is 8.57. The highest BCUT2D eigenvalue weighted by Crippen LogP contribution is 2.64. The fraction of sp³-hybridized carbons (Fsp3) is 0.553. The molecule has 16 heteroatoms. The number of hydrogen-bond donors (Lipinski definition) is 4. The Hall–Kier alpha value is -5.29. The Morgan fingerprint density at radius 2 is 1.60 bits per heavy atom. The van der Waals surface area contributed by atoms with Crippen LogP contribution in [0.3, 0.4) is 0 Å². The van der Waals surface area contributed by atoms with E-state index in [2.05, 4.69) is 10.3 Å². The van der Waals surface area contributed by atoms with Gasteiger partial charge in [-0.05, 0) is 68.2 Å². The lowest BCUT2D eigenvalue weighted by Gasteiger charge is -2.67. The molecule has 4 aliphatic rings. The van der Waals surface area contributed by atoms with Gasteiger partial charge in [0.15, 0.2) is 23.6 Å². The normalized spacial score (nSPS) is 31.7. The van der Waals surface area contributed by atoms with Crippen LogP contribution < -0.4 is 5.32 Å². The number of benzene rings is 2. The number of aliphatic imine (C=N–C) groups is 1. The Kier molecular flexibility index (Phi) is 13.8. The maximum Gasteiger partial charge on any atom is 0.338 e. The molecule has 1 amide bonds. The number of nitrogens with one attached hydrogen (secondary N) is 1. The third-order valence-corrected chi connectivity index (χ3v) is 13.6. The summed E-state index contributed by atoms with van der Waals surface area (Å²) in [5.74, 6) is -6.63. The van der Waals surface area contributed by atoms with Gasteiger partial charge in [0.1, 0.15) is 23.9 Å². The van der Waals surface area contributed by atoms with E-state index < -0.39 is 113 Å². The summed E-state index contributed by atoms with van der Waals surface area (Å²) in [6.45, 7) is 8.01. The van der Waals surface area contributed by atoms with Crippen LogP contribution in [0.1, 0.15) is 102 Å². The molecule has 1 heterocycles. The first kappa shape index (κ1) is 47.2. The summed E-state index contributed by atoms with van der Waals surface area (Å²) < 4.78 is 30.3. The van der Waals surface area contributed by atoms with E-state index in [0.29, 0.717) is 24.8 Å². The number of hydrogen-bond acceptors (Lipinski definition) is 15. The van der Waals surface area contributed by atoms with Crippen molar-refractivity contribution >= 4 is 41.8 Å². The molecule has 2 aromatic rings. The lowest BCUT2D eigenvalue weighted by molar-refractivity contribution is -0.346. The van der Waals surface area contributed by atoms with Crippen molar-refractivity contribution in [3.63, 3.8) is 0 Å². The van der Waals surface area contributed by atoms with E-state index in [-0.39, 0.29) is 36.2 Å². The van der Waals surface area contributed by atoms with Crippen molar-refractivity contribution in [3.8, 4) is 0 Å². The van der Waals surface area contributed by atoms with Crippen molar-refractivity contribution in [2.45, 2.75) is 134 Å². The van der Waals surface area contributed by atoms with Crippen molar-refractivity contribution in [1.82, 2.24) is 5.32 Å². The van der Waals surface area contributed by atoms with Gasteiger partial charge >= 0.3 is 23.9 Å². The van der Waals surface area contributed by atoms with Crippen LogP contribution in [0.2, 0.25) is 0 Å². The second kappa shape index (κ2) is 18.4. The highest BCUT2D eigenvalue weighted by Gasteiger charge is 2.78. The predicted octanol–water partition coefficient (Wildman–Crippen LogP) is 3.68. The zero-order valence-corrected chi connectivity index (χ0v) is 36.7. The number of ketones is 1. The molecule has 3 fully saturated rings. The number of fused-ring (bicyclic) bond motifs is 5. The molecular weight excluding hydrogens is 817 g/mol. The summed E-state index contributed by atoms with van der Waals surface area (Å²) in [7, 11) is 1.66. The average Bonchev–Trinajstić information content (AvgIpc) is 3.23. The minimum Gasteiger partial charge on any atom is -0.456 e. The van der Waals surface area contributed by atoms with Crippen LogP contribution >= 0.6 is 0 Å². The van der Waals surface area contributed by atoms with Crippen LogP contribution in [0.15, 0.2) is 76.8 Å². The largest absolute Gasteiger partial charge is 0.456 e. The molecule has 4 N–H and O–H groups in total. The molecule has 3 aliphatic carbocycles. The molecule has 2 bridgehead atoms. The Morgan fingerprint density at radius 3 is 2.19 bits per heavy atom. The first-order valence-corrected chi connectivity index (χ1v) is 21.3. The van der Waals surface area contributed by atoms with Crippen LogP contribution in [0.5, 0.6) is 0 Å². The van der Waals surface area contributed by atoms with E-state index in [1.54, 1.807) is 75.6 Å². The number of aliphatic hydroxyl groups is 3. The zero-order valence-electron chi connectivity index (χ0n) is 36.7. The number of amides is 1. The quantitative estimate of drug-likeness (QED) is 0.0698. The van der Waals surface area contributed by atoms with Gasteiger partial charge in [-0.3, -0.25) is 19.2 Å². The van der Waals surface area contributed by atoms with Crippen LogP contribution in [-0.4, -0.2) is 119 Å². The monoisotopic (exact) mass is 874 g/mol. The van der Waals surface area contributed by atoms with Crippen molar-refractivity contribution in [3.05, 3.63) is 82.9 Å². The fourth-order valence-corrected chi connectivity index (χ4v) is 10.3. The summed E-state index contributed by atoms with van der Waals surface area (Å²) in [5.41, 5.74) is -7.19. The van der Waals surface area contributed by atoms with Gasteiger partial charge in [0.25, 0.3) is 0 Å². The molecule has 16 nitrogen and oxygen atoms in total. The number of Topliss-reactive ketones (excluding diaryl/α,β-unsaturated/α-hetero) is 1. The fourth-order valence-electron chi connectivity index (χ4n) is 10.3. The summed E-state index contributed by atoms with van der Waals surface area (Å²) >= 11 is 0. The summed E-state index contributed by atoms with van der Waals surface area (Å²) in [6, 6.07) is 14.9. The van der Waals surface area contributed by atoms with E-state index >= 15 is 4.79 Å². The van der Waals surface area contributed by atoms with Crippen LogP contribution in [0.4, 0.5) is 0 Å². The first-order chi connectivity index (χ1) is 29.7. The standard InChI is InChI=1S/C47H58N2O14/c1-26-31(61-43(57)37(54)36(29-17-11-8-12-18-29)49-34(53)21-15-10-16-22-48-7)24-47(58)41(62-42(56)30-19-13-9-14-20-30)39-45(6,32(52)23-33-46(39,25-59-33)63-28(3)51)40(55)38(60-27(2)50)35(26)44(47,4)5/h8-9,11-14,17-20,22,31-33,36-39,41,52,54,58H,10,15-16,21,23-25H2,1-7H3,(H,49,53)/t31-,32-,33+,36+,37+,38+,39-,41-,45+,46-,47+/m0/s1. The Labute approximate surface area is 366 Å². The first-order valence-electron chi connectivity index (χ1n) is 21.3. The Bertz CT molecular complexity index is 2140. The van der Waals surface area contributed by atoms with Crippen molar-refractivity contribution in [1.29, 1.82) is 0 Å². The van der Waals surface area contributed by atoms with Crippen LogP contribution in [0.25, 0.3) is 0 Å². The van der Waals surface area contributed by atoms with E-state index in [0.717, 1.165) is 13.8 Å². The van der Waals surface area contributed by atoms with Gasteiger partial charge in [-0.15, -0.1) is 0 Å². The van der Waals surface area contributed by atoms with Gasteiger partial charge in [-0.1, -0.05) is 62.4 Å². The molecule has 340 valence electrons. The third-order valence-electron chi connectivity index (χ3n) is 13.6. The number of esters is 4. The molecule has 1 aliphatic heterocycles. The number of ether oxygens (including phenoxy) is 5. The number of unbranched alkanes of at least 4 members (excludes halogenated alkanes) is 2. The van der Waals surface area contributed by atoms with E-state index in [4.69, 9.17) is 23.7 Å². The summed E-state index contributed by atoms with van der Waals surface area (Å²) in [5, 5.41) is 40.3. The molecule has 0 aromatic heterocycles. The minimum absolute atomic E-state index is 0.00549. The molecule has 2 aromatic carbocycles. The highest BCUT2D eigenvalue weighted by molar-refractivity contribution is 5.95. The maximum atomic E-state index is 15.5. The van der Waals surface area contributed by atoms with Gasteiger partial charge in [-0.2, -0.15) is 0 Å². The maximum absolute atomic E-state index is 15.5. The molecule has 2 saturated carbocycles. The molecule has 11 atom stereocenters. The summed E-state index contributed by atoms with van der Waals surface area (Å²) in [6.07, 6.45) is -6.69. The summed E-state index contributed by atoms with van der Waals surface area (Å²) in [4.78, 5) is 87.2. The van der Waals surface area contributed by atoms with Crippen molar-refractivity contribution < 1.29 is 67.8 Å².